The molecule has 0 saturated heterocycles. The van der Waals surface area contributed by atoms with Crippen LogP contribution in [0.15, 0.2) is 30.9 Å². The van der Waals surface area contributed by atoms with Crippen molar-refractivity contribution >= 4 is 28.3 Å². The van der Waals surface area contributed by atoms with Gasteiger partial charge in [-0.1, -0.05) is 6.08 Å². The summed E-state index contributed by atoms with van der Waals surface area (Å²) in [5, 5.41) is 3.35. The van der Waals surface area contributed by atoms with Crippen molar-refractivity contribution in [2.45, 2.75) is 25.8 Å². The van der Waals surface area contributed by atoms with Gasteiger partial charge in [0.05, 0.1) is 0 Å². The summed E-state index contributed by atoms with van der Waals surface area (Å²) in [6.45, 7) is 5.80. The smallest absolute Gasteiger partial charge is 0.124 e. The average molecular weight is 319 g/mol. The predicted octanol–water partition coefficient (Wildman–Crippen LogP) is 4.20. The van der Waals surface area contributed by atoms with Gasteiger partial charge in [0.25, 0.3) is 0 Å². The minimum atomic E-state index is -0.191. The monoisotopic (exact) mass is 319 g/mol. The van der Waals surface area contributed by atoms with Gasteiger partial charge in [-0.25, -0.2) is 4.39 Å². The molecule has 82 valence electrons. The lowest BCUT2D eigenvalue weighted by Crippen LogP contribution is -2.15. The van der Waals surface area contributed by atoms with E-state index in [4.69, 9.17) is 0 Å². The van der Waals surface area contributed by atoms with Crippen molar-refractivity contribution in [3.63, 3.8) is 0 Å². The van der Waals surface area contributed by atoms with E-state index in [1.165, 1.54) is 12.1 Å². The van der Waals surface area contributed by atoms with Gasteiger partial charge in [-0.2, -0.15) is 0 Å². The number of hydrogen-bond acceptors (Lipinski definition) is 1. The second kappa shape index (κ2) is 6.10. The van der Waals surface area contributed by atoms with Gasteiger partial charge in [0.1, 0.15) is 5.82 Å². The van der Waals surface area contributed by atoms with Crippen LogP contribution in [0.3, 0.4) is 0 Å². The Balaban J connectivity index is 2.59. The maximum absolute atomic E-state index is 12.8. The van der Waals surface area contributed by atoms with E-state index in [2.05, 4.69) is 41.4 Å². The molecule has 0 aliphatic heterocycles. The molecule has 0 aliphatic rings. The number of anilines is 1. The first-order valence-electron chi connectivity index (χ1n) is 4.96. The molecule has 1 atom stereocenters. The summed E-state index contributed by atoms with van der Waals surface area (Å²) in [6, 6.07) is 5.16. The maximum atomic E-state index is 12.8. The molecular formula is C12H15FIN. The van der Waals surface area contributed by atoms with E-state index in [0.717, 1.165) is 22.1 Å². The third-order valence-corrected chi connectivity index (χ3v) is 3.03. The molecule has 0 radical (unpaired) electrons. The van der Waals surface area contributed by atoms with Crippen molar-refractivity contribution in [1.82, 2.24) is 0 Å². The molecule has 0 aromatic heterocycles. The largest absolute Gasteiger partial charge is 0.382 e. The molecule has 0 heterocycles. The number of rotatable bonds is 5. The number of halogens is 2. The summed E-state index contributed by atoms with van der Waals surface area (Å²) in [6.07, 6.45) is 3.94. The third kappa shape index (κ3) is 4.20. The van der Waals surface area contributed by atoms with Crippen molar-refractivity contribution in [1.29, 1.82) is 0 Å². The molecule has 1 nitrogen and oxygen atoms in total. The summed E-state index contributed by atoms with van der Waals surface area (Å²) in [4.78, 5) is 0. The molecular weight excluding hydrogens is 304 g/mol. The number of nitrogens with one attached hydrogen (secondary N) is 1. The molecule has 0 bridgehead atoms. The fraction of sp³-hybridized carbons (Fsp3) is 0.333. The third-order valence-electron chi connectivity index (χ3n) is 2.14. The van der Waals surface area contributed by atoms with Crippen molar-refractivity contribution in [2.24, 2.45) is 0 Å². The Morgan fingerprint density at radius 3 is 2.93 bits per heavy atom. The van der Waals surface area contributed by atoms with Crippen LogP contribution in [0.1, 0.15) is 19.8 Å². The minimum absolute atomic E-state index is 0.191. The SMILES string of the molecule is C=CCCC(C)Nc1ccc(F)cc1I. The van der Waals surface area contributed by atoms with E-state index >= 15 is 0 Å². The fourth-order valence-corrected chi connectivity index (χ4v) is 1.94. The highest BCUT2D eigenvalue weighted by Gasteiger charge is 2.04. The Bertz CT molecular complexity index is 338. The highest BCUT2D eigenvalue weighted by molar-refractivity contribution is 14.1. The Morgan fingerprint density at radius 1 is 1.60 bits per heavy atom. The minimum Gasteiger partial charge on any atom is -0.382 e. The van der Waals surface area contributed by atoms with Gasteiger partial charge < -0.3 is 5.32 Å². The number of hydrogen-bond donors (Lipinski definition) is 1. The predicted molar refractivity (Wildman–Crippen MR) is 71.6 cm³/mol. The number of benzene rings is 1. The van der Waals surface area contributed by atoms with Crippen LogP contribution < -0.4 is 5.32 Å². The maximum Gasteiger partial charge on any atom is 0.124 e. The Hall–Kier alpha value is -0.580. The summed E-state index contributed by atoms with van der Waals surface area (Å²) < 4.78 is 13.8. The van der Waals surface area contributed by atoms with E-state index < -0.39 is 0 Å². The molecule has 0 aliphatic carbocycles. The first-order chi connectivity index (χ1) is 7.13. The van der Waals surface area contributed by atoms with Crippen LogP contribution in [0.4, 0.5) is 10.1 Å². The van der Waals surface area contributed by atoms with Crippen LogP contribution in [0.5, 0.6) is 0 Å². The van der Waals surface area contributed by atoms with Gasteiger partial charge >= 0.3 is 0 Å². The zero-order valence-corrected chi connectivity index (χ0v) is 10.9. The molecule has 0 saturated carbocycles. The van der Waals surface area contributed by atoms with Crippen LogP contribution in [0.2, 0.25) is 0 Å². The van der Waals surface area contributed by atoms with E-state index in [9.17, 15) is 4.39 Å². The lowest BCUT2D eigenvalue weighted by Gasteiger charge is -2.15. The summed E-state index contributed by atoms with van der Waals surface area (Å²) in [5.74, 6) is -0.191. The second-order valence-corrected chi connectivity index (χ2v) is 4.70. The Kier molecular flexibility index (Phi) is 5.08. The van der Waals surface area contributed by atoms with Gasteiger partial charge in [-0.3, -0.25) is 0 Å². The van der Waals surface area contributed by atoms with E-state index in [1.807, 2.05) is 6.08 Å². The molecule has 0 amide bonds. The lowest BCUT2D eigenvalue weighted by molar-refractivity contribution is 0.626. The van der Waals surface area contributed by atoms with Gasteiger partial charge in [-0.05, 0) is 60.6 Å². The highest BCUT2D eigenvalue weighted by Crippen LogP contribution is 2.20. The Morgan fingerprint density at radius 2 is 2.33 bits per heavy atom. The van der Waals surface area contributed by atoms with E-state index in [-0.39, 0.29) is 5.82 Å². The van der Waals surface area contributed by atoms with Crippen LogP contribution in [-0.2, 0) is 0 Å². The molecule has 0 spiro atoms. The lowest BCUT2D eigenvalue weighted by atomic mass is 10.1. The van der Waals surface area contributed by atoms with Crippen LogP contribution in [0, 0.1) is 9.39 Å². The van der Waals surface area contributed by atoms with E-state index in [1.54, 1.807) is 6.07 Å². The van der Waals surface area contributed by atoms with Crippen molar-refractivity contribution < 1.29 is 4.39 Å². The van der Waals surface area contributed by atoms with Gasteiger partial charge in [0, 0.05) is 15.3 Å². The molecule has 1 unspecified atom stereocenters. The van der Waals surface area contributed by atoms with E-state index in [0.29, 0.717) is 6.04 Å². The van der Waals surface area contributed by atoms with Gasteiger partial charge in [0.2, 0.25) is 0 Å². The molecule has 1 N–H and O–H groups in total. The summed E-state index contributed by atoms with van der Waals surface area (Å²) >= 11 is 2.13. The second-order valence-electron chi connectivity index (χ2n) is 3.54. The molecule has 15 heavy (non-hydrogen) atoms. The first kappa shape index (κ1) is 12.5. The van der Waals surface area contributed by atoms with Gasteiger partial charge in [0.15, 0.2) is 0 Å². The van der Waals surface area contributed by atoms with Crippen LogP contribution in [0.25, 0.3) is 0 Å². The van der Waals surface area contributed by atoms with Crippen molar-refractivity contribution in [3.05, 3.63) is 40.2 Å². The fourth-order valence-electron chi connectivity index (χ4n) is 1.31. The molecule has 3 heteroatoms. The molecule has 1 rings (SSSR count). The van der Waals surface area contributed by atoms with Crippen molar-refractivity contribution in [3.8, 4) is 0 Å². The first-order valence-corrected chi connectivity index (χ1v) is 6.04. The molecule has 0 fully saturated rings. The average Bonchev–Trinajstić information content (AvgIpc) is 2.19. The van der Waals surface area contributed by atoms with Crippen molar-refractivity contribution in [2.75, 3.05) is 5.32 Å². The molecule has 1 aromatic carbocycles. The molecule has 1 aromatic rings. The topological polar surface area (TPSA) is 12.0 Å². The summed E-state index contributed by atoms with van der Waals surface area (Å²) in [5.41, 5.74) is 0.994. The standard InChI is InChI=1S/C12H15FIN/c1-3-4-5-9(2)15-12-7-6-10(13)8-11(12)14/h3,6-9,15H,1,4-5H2,2H3. The van der Waals surface area contributed by atoms with Gasteiger partial charge in [-0.15, -0.1) is 6.58 Å². The highest BCUT2D eigenvalue weighted by atomic mass is 127. The zero-order chi connectivity index (χ0) is 11.3. The Labute approximate surface area is 104 Å². The normalized spacial score (nSPS) is 12.2. The quantitative estimate of drug-likeness (QED) is 0.634. The number of allylic oxidation sites excluding steroid dienone is 1. The zero-order valence-electron chi connectivity index (χ0n) is 8.76. The van der Waals surface area contributed by atoms with Crippen LogP contribution >= 0.6 is 22.6 Å². The summed E-state index contributed by atoms with van der Waals surface area (Å²) in [7, 11) is 0. The van der Waals surface area contributed by atoms with Crippen LogP contribution in [-0.4, -0.2) is 6.04 Å².